The van der Waals surface area contributed by atoms with Crippen LogP contribution in [-0.4, -0.2) is 34.1 Å². The molecule has 6 nitrogen and oxygen atoms in total. The van der Waals surface area contributed by atoms with Crippen LogP contribution in [0.25, 0.3) is 10.8 Å². The van der Waals surface area contributed by atoms with Gasteiger partial charge in [0.15, 0.2) is 17.4 Å². The van der Waals surface area contributed by atoms with Crippen LogP contribution >= 0.6 is 11.6 Å². The molecule has 9 heteroatoms. The molecular formula is C19H16ClF2N3O3. The Morgan fingerprint density at radius 1 is 1.29 bits per heavy atom. The van der Waals surface area contributed by atoms with Gasteiger partial charge in [-0.2, -0.15) is 0 Å². The number of carbonyl (C=O) groups excluding carboxylic acids is 2. The second-order valence-corrected chi connectivity index (χ2v) is 6.80. The van der Waals surface area contributed by atoms with Crippen LogP contribution in [0.3, 0.4) is 0 Å². The smallest absolute Gasteiger partial charge is 0.322 e. The Bertz CT molecular complexity index is 1090. The van der Waals surface area contributed by atoms with Gasteiger partial charge in [-0.25, -0.2) is 13.6 Å². The number of nitrogens with zero attached hydrogens (tertiary/aromatic N) is 1. The topological polar surface area (TPSA) is 82.3 Å². The molecule has 146 valence electrons. The minimum atomic E-state index is -1.24. The SMILES string of the molecule is CC(c1c[nH]c(=O)c2c(F)c(F)ccc12)N(C)C(=O)NC1=CC(Cl)C(=O)C=C1. The summed E-state index contributed by atoms with van der Waals surface area (Å²) in [4.78, 5) is 39.6. The van der Waals surface area contributed by atoms with E-state index in [1.165, 1.54) is 42.4 Å². The maximum atomic E-state index is 14.1. The maximum Gasteiger partial charge on any atom is 0.322 e. The molecule has 1 aliphatic carbocycles. The maximum absolute atomic E-state index is 14.1. The molecule has 3 rings (SSSR count). The van der Waals surface area contributed by atoms with E-state index >= 15 is 0 Å². The monoisotopic (exact) mass is 407 g/mol. The van der Waals surface area contributed by atoms with Gasteiger partial charge < -0.3 is 15.2 Å². The average molecular weight is 408 g/mol. The van der Waals surface area contributed by atoms with E-state index in [4.69, 9.17) is 11.6 Å². The highest BCUT2D eigenvalue weighted by atomic mass is 35.5. The summed E-state index contributed by atoms with van der Waals surface area (Å²) in [7, 11) is 1.51. The predicted molar refractivity (Wildman–Crippen MR) is 101 cm³/mol. The molecule has 0 radical (unpaired) electrons. The summed E-state index contributed by atoms with van der Waals surface area (Å²) in [6, 6.07) is 1.13. The van der Waals surface area contributed by atoms with Crippen LogP contribution in [0, 0.1) is 11.6 Å². The number of halogens is 3. The van der Waals surface area contributed by atoms with E-state index in [-0.39, 0.29) is 11.2 Å². The average Bonchev–Trinajstić information content (AvgIpc) is 2.66. The minimum Gasteiger partial charge on any atom is -0.328 e. The number of H-pyrrole nitrogens is 1. The Hall–Kier alpha value is -3.00. The van der Waals surface area contributed by atoms with Crippen LogP contribution in [0.1, 0.15) is 18.5 Å². The van der Waals surface area contributed by atoms with Crippen LogP contribution in [0.5, 0.6) is 0 Å². The van der Waals surface area contributed by atoms with E-state index < -0.39 is 40.0 Å². The molecule has 2 amide bonds. The number of aromatic nitrogens is 1. The first kappa shape index (κ1) is 19.8. The zero-order valence-electron chi connectivity index (χ0n) is 14.9. The first-order valence-corrected chi connectivity index (χ1v) is 8.75. The third-order valence-electron chi connectivity index (χ3n) is 4.62. The van der Waals surface area contributed by atoms with E-state index in [1.54, 1.807) is 6.92 Å². The van der Waals surface area contributed by atoms with Gasteiger partial charge in [0, 0.05) is 18.9 Å². The second-order valence-electron chi connectivity index (χ2n) is 6.33. The number of rotatable bonds is 3. The molecule has 1 aliphatic rings. The Labute approximate surface area is 163 Å². The number of pyridine rings is 1. The summed E-state index contributed by atoms with van der Waals surface area (Å²) >= 11 is 5.85. The summed E-state index contributed by atoms with van der Waals surface area (Å²) in [5.74, 6) is -2.65. The zero-order valence-corrected chi connectivity index (χ0v) is 15.7. The van der Waals surface area contributed by atoms with Gasteiger partial charge in [-0.05, 0) is 42.2 Å². The summed E-state index contributed by atoms with van der Waals surface area (Å²) in [5, 5.41) is 1.56. The third kappa shape index (κ3) is 3.55. The Balaban J connectivity index is 1.90. The van der Waals surface area contributed by atoms with Crippen molar-refractivity contribution in [1.29, 1.82) is 0 Å². The van der Waals surface area contributed by atoms with Crippen LogP contribution < -0.4 is 10.9 Å². The zero-order chi connectivity index (χ0) is 20.6. The van der Waals surface area contributed by atoms with Crippen molar-refractivity contribution in [3.63, 3.8) is 0 Å². The lowest BCUT2D eigenvalue weighted by Gasteiger charge is -2.27. The van der Waals surface area contributed by atoms with Crippen LogP contribution in [0.15, 0.2) is 47.0 Å². The highest BCUT2D eigenvalue weighted by molar-refractivity contribution is 6.34. The Morgan fingerprint density at radius 3 is 2.68 bits per heavy atom. The van der Waals surface area contributed by atoms with Crippen molar-refractivity contribution in [1.82, 2.24) is 15.2 Å². The number of alkyl halides is 1. The van der Waals surface area contributed by atoms with E-state index in [1.807, 2.05) is 0 Å². The lowest BCUT2D eigenvalue weighted by Crippen LogP contribution is -2.39. The number of amides is 2. The Kier molecular flexibility index (Phi) is 5.33. The van der Waals surface area contributed by atoms with Crippen LogP contribution in [-0.2, 0) is 4.79 Å². The minimum absolute atomic E-state index is 0.206. The summed E-state index contributed by atoms with van der Waals surface area (Å²) in [5.41, 5.74) is 0.0400. The van der Waals surface area contributed by atoms with Crippen LogP contribution in [0.4, 0.5) is 13.6 Å². The van der Waals surface area contributed by atoms with Crippen molar-refractivity contribution in [2.45, 2.75) is 18.3 Å². The summed E-state index contributed by atoms with van der Waals surface area (Å²) in [6.45, 7) is 1.67. The predicted octanol–water partition coefficient (Wildman–Crippen LogP) is 3.14. The van der Waals surface area contributed by atoms with Gasteiger partial charge in [0.25, 0.3) is 5.56 Å². The van der Waals surface area contributed by atoms with Crippen molar-refractivity contribution < 1.29 is 18.4 Å². The molecular weight excluding hydrogens is 392 g/mol. The first-order valence-electron chi connectivity index (χ1n) is 8.31. The number of allylic oxidation sites excluding steroid dienone is 3. The standard InChI is InChI=1S/C19H16ClF2N3O3/c1-9(25(2)19(28)24-10-3-6-15(26)13(20)7-10)12-8-23-18(27)16-11(12)4-5-14(21)17(16)22/h3-9,13H,1-2H3,(H,23,27)(H,24,28). The van der Waals surface area contributed by atoms with E-state index in [2.05, 4.69) is 10.3 Å². The molecule has 0 bridgehead atoms. The lowest BCUT2D eigenvalue weighted by atomic mass is 10.0. The van der Waals surface area contributed by atoms with Gasteiger partial charge in [-0.3, -0.25) is 9.59 Å². The molecule has 1 aromatic carbocycles. The number of carbonyl (C=O) groups is 2. The van der Waals surface area contributed by atoms with Crippen molar-refractivity contribution >= 4 is 34.2 Å². The van der Waals surface area contributed by atoms with E-state index in [9.17, 15) is 23.2 Å². The number of hydrogen-bond donors (Lipinski definition) is 2. The normalized spacial score (nSPS) is 17.4. The highest BCUT2D eigenvalue weighted by Crippen LogP contribution is 2.27. The van der Waals surface area contributed by atoms with Crippen molar-refractivity contribution in [3.05, 3.63) is 69.8 Å². The van der Waals surface area contributed by atoms with E-state index in [0.29, 0.717) is 11.3 Å². The number of nitrogens with one attached hydrogen (secondary N) is 2. The molecule has 0 saturated heterocycles. The first-order chi connectivity index (χ1) is 13.2. The van der Waals surface area contributed by atoms with Crippen molar-refractivity contribution in [2.24, 2.45) is 0 Å². The number of urea groups is 1. The number of fused-ring (bicyclic) bond motifs is 1. The fourth-order valence-corrected chi connectivity index (χ4v) is 3.10. The largest absolute Gasteiger partial charge is 0.328 e. The number of hydrogen-bond acceptors (Lipinski definition) is 3. The van der Waals surface area contributed by atoms with Gasteiger partial charge in [-0.1, -0.05) is 6.07 Å². The van der Waals surface area contributed by atoms with Crippen molar-refractivity contribution in [3.8, 4) is 0 Å². The van der Waals surface area contributed by atoms with Gasteiger partial charge in [0.05, 0.1) is 11.4 Å². The number of ketones is 1. The third-order valence-corrected chi connectivity index (χ3v) is 4.96. The second kappa shape index (κ2) is 7.55. The molecule has 2 aromatic rings. The molecule has 1 aromatic heterocycles. The fourth-order valence-electron chi connectivity index (χ4n) is 2.89. The van der Waals surface area contributed by atoms with Gasteiger partial charge in [0.2, 0.25) is 0 Å². The summed E-state index contributed by atoms with van der Waals surface area (Å²) in [6.07, 6.45) is 5.48. The molecule has 2 unspecified atom stereocenters. The molecule has 28 heavy (non-hydrogen) atoms. The molecule has 0 aliphatic heterocycles. The number of benzene rings is 1. The Morgan fingerprint density at radius 2 is 2.00 bits per heavy atom. The molecule has 0 fully saturated rings. The molecule has 0 spiro atoms. The molecule has 1 heterocycles. The van der Waals surface area contributed by atoms with Crippen LogP contribution in [0.2, 0.25) is 0 Å². The van der Waals surface area contributed by atoms with Gasteiger partial charge in [-0.15, -0.1) is 11.6 Å². The molecule has 2 atom stereocenters. The fraction of sp³-hybridized carbons (Fsp3) is 0.211. The van der Waals surface area contributed by atoms with Crippen molar-refractivity contribution in [2.75, 3.05) is 7.05 Å². The summed E-state index contributed by atoms with van der Waals surface area (Å²) < 4.78 is 27.6. The quantitative estimate of drug-likeness (QED) is 0.767. The number of aromatic amines is 1. The highest BCUT2D eigenvalue weighted by Gasteiger charge is 2.23. The van der Waals surface area contributed by atoms with Gasteiger partial charge >= 0.3 is 6.03 Å². The molecule has 0 saturated carbocycles. The van der Waals surface area contributed by atoms with Gasteiger partial charge in [0.1, 0.15) is 5.38 Å². The lowest BCUT2D eigenvalue weighted by molar-refractivity contribution is -0.113. The van der Waals surface area contributed by atoms with E-state index in [0.717, 1.165) is 6.07 Å². The molecule has 2 N–H and O–H groups in total.